The molecule has 4 aromatic rings. The van der Waals surface area contributed by atoms with E-state index in [9.17, 15) is 14.4 Å². The van der Waals surface area contributed by atoms with Crippen LogP contribution < -0.4 is 16.0 Å². The molecule has 3 amide bonds. The highest BCUT2D eigenvalue weighted by atomic mass is 32.2. The average Bonchev–Trinajstić information content (AvgIpc) is 3.25. The standard InChI is InChI=1S/C26H22N4O3S2/c1-17(31)27-19-8-10-20(11-9-19)28-25(33)16-34-26-30-22-13-12-21(15-23(22)35-26)29-24(32)14-7-18-5-3-2-4-6-18/h2-15H,16H2,1H3,(H,27,31)(H,28,33)(H,29,32). The fourth-order valence-electron chi connectivity index (χ4n) is 3.13. The van der Waals surface area contributed by atoms with Crippen LogP contribution in [0.15, 0.2) is 83.2 Å². The summed E-state index contributed by atoms with van der Waals surface area (Å²) in [6, 6.07) is 22.1. The fraction of sp³-hybridized carbons (Fsp3) is 0.0769. The summed E-state index contributed by atoms with van der Waals surface area (Å²) in [6.07, 6.45) is 3.26. The van der Waals surface area contributed by atoms with E-state index in [4.69, 9.17) is 0 Å². The molecule has 0 spiro atoms. The Kier molecular flexibility index (Phi) is 7.92. The molecule has 0 saturated heterocycles. The Balaban J connectivity index is 1.30. The van der Waals surface area contributed by atoms with E-state index >= 15 is 0 Å². The normalized spacial score (nSPS) is 10.9. The SMILES string of the molecule is CC(=O)Nc1ccc(NC(=O)CSc2nc3ccc(NC(=O)C=Cc4ccccc4)cc3s2)cc1. The van der Waals surface area contributed by atoms with Crippen molar-refractivity contribution in [2.24, 2.45) is 0 Å². The van der Waals surface area contributed by atoms with Crippen molar-refractivity contribution in [3.05, 3.63) is 84.4 Å². The Morgan fingerprint density at radius 2 is 1.57 bits per heavy atom. The fourth-order valence-corrected chi connectivity index (χ4v) is 5.04. The first-order chi connectivity index (χ1) is 16.9. The lowest BCUT2D eigenvalue weighted by atomic mass is 10.2. The predicted molar refractivity (Wildman–Crippen MR) is 144 cm³/mol. The van der Waals surface area contributed by atoms with E-state index in [1.807, 2.05) is 48.5 Å². The number of nitrogens with zero attached hydrogens (tertiary/aromatic N) is 1. The lowest BCUT2D eigenvalue weighted by Crippen LogP contribution is -2.14. The van der Waals surface area contributed by atoms with Crippen LogP contribution in [0.1, 0.15) is 12.5 Å². The second kappa shape index (κ2) is 11.5. The van der Waals surface area contributed by atoms with Crippen molar-refractivity contribution in [1.29, 1.82) is 0 Å². The maximum Gasteiger partial charge on any atom is 0.248 e. The van der Waals surface area contributed by atoms with Gasteiger partial charge >= 0.3 is 0 Å². The number of rotatable bonds is 8. The maximum atomic E-state index is 12.3. The summed E-state index contributed by atoms with van der Waals surface area (Å²) in [7, 11) is 0. The summed E-state index contributed by atoms with van der Waals surface area (Å²) in [4.78, 5) is 40.2. The lowest BCUT2D eigenvalue weighted by Gasteiger charge is -2.06. The van der Waals surface area contributed by atoms with Gasteiger partial charge in [-0.1, -0.05) is 42.1 Å². The van der Waals surface area contributed by atoms with E-state index in [0.717, 1.165) is 20.1 Å². The molecule has 0 bridgehead atoms. The third-order valence-electron chi connectivity index (χ3n) is 4.68. The molecule has 0 saturated carbocycles. The zero-order valence-electron chi connectivity index (χ0n) is 18.8. The second-order valence-electron chi connectivity index (χ2n) is 7.49. The summed E-state index contributed by atoms with van der Waals surface area (Å²) in [6.45, 7) is 1.44. The summed E-state index contributed by atoms with van der Waals surface area (Å²) in [5.41, 5.74) is 3.76. The largest absolute Gasteiger partial charge is 0.326 e. The van der Waals surface area contributed by atoms with E-state index in [2.05, 4.69) is 20.9 Å². The van der Waals surface area contributed by atoms with Crippen LogP contribution in [0.4, 0.5) is 17.1 Å². The van der Waals surface area contributed by atoms with Gasteiger partial charge in [0.2, 0.25) is 17.7 Å². The van der Waals surface area contributed by atoms with Crippen molar-refractivity contribution in [1.82, 2.24) is 4.98 Å². The van der Waals surface area contributed by atoms with Crippen molar-refractivity contribution >= 4 is 74.2 Å². The van der Waals surface area contributed by atoms with Gasteiger partial charge in [0.1, 0.15) is 0 Å². The molecule has 0 atom stereocenters. The van der Waals surface area contributed by atoms with Crippen LogP contribution in [0, 0.1) is 0 Å². The van der Waals surface area contributed by atoms with Gasteiger partial charge in [-0.3, -0.25) is 14.4 Å². The molecule has 0 aliphatic rings. The number of fused-ring (bicyclic) bond motifs is 1. The number of carbonyl (C=O) groups is 3. The number of thiazole rings is 1. The summed E-state index contributed by atoms with van der Waals surface area (Å²) in [5, 5.41) is 8.38. The highest BCUT2D eigenvalue weighted by Gasteiger charge is 2.10. The van der Waals surface area contributed by atoms with Crippen molar-refractivity contribution in [2.45, 2.75) is 11.3 Å². The van der Waals surface area contributed by atoms with Crippen molar-refractivity contribution in [3.63, 3.8) is 0 Å². The predicted octanol–water partition coefficient (Wildman–Crippen LogP) is 5.64. The quantitative estimate of drug-likeness (QED) is 0.214. The molecular formula is C26H22N4O3S2. The summed E-state index contributed by atoms with van der Waals surface area (Å²) < 4.78 is 1.69. The van der Waals surface area contributed by atoms with Gasteiger partial charge in [0.05, 0.1) is 16.0 Å². The van der Waals surface area contributed by atoms with Crippen LogP contribution in [0.25, 0.3) is 16.3 Å². The van der Waals surface area contributed by atoms with Crippen LogP contribution >= 0.6 is 23.1 Å². The topological polar surface area (TPSA) is 100 Å². The molecule has 3 aromatic carbocycles. The molecule has 0 radical (unpaired) electrons. The minimum absolute atomic E-state index is 0.150. The molecule has 1 heterocycles. The van der Waals surface area contributed by atoms with Crippen LogP contribution in [0.3, 0.4) is 0 Å². The number of hydrogen-bond acceptors (Lipinski definition) is 6. The Labute approximate surface area is 210 Å². The third kappa shape index (κ3) is 7.26. The Hall–Kier alpha value is -3.95. The number of benzene rings is 3. The zero-order valence-corrected chi connectivity index (χ0v) is 20.4. The minimum atomic E-state index is -0.214. The van der Waals surface area contributed by atoms with Crippen molar-refractivity contribution < 1.29 is 14.4 Å². The monoisotopic (exact) mass is 502 g/mol. The van der Waals surface area contributed by atoms with Gasteiger partial charge in [0.25, 0.3) is 0 Å². The van der Waals surface area contributed by atoms with Gasteiger partial charge in [0.15, 0.2) is 4.34 Å². The zero-order chi connectivity index (χ0) is 24.6. The molecule has 35 heavy (non-hydrogen) atoms. The van der Waals surface area contributed by atoms with Crippen LogP contribution in [0.5, 0.6) is 0 Å². The molecule has 176 valence electrons. The number of thioether (sulfide) groups is 1. The smallest absolute Gasteiger partial charge is 0.248 e. The first-order valence-corrected chi connectivity index (χ1v) is 12.5. The molecule has 0 aliphatic heterocycles. The van der Waals surface area contributed by atoms with Gasteiger partial charge in [-0.15, -0.1) is 11.3 Å². The van der Waals surface area contributed by atoms with Crippen LogP contribution in [-0.2, 0) is 14.4 Å². The van der Waals surface area contributed by atoms with Gasteiger partial charge in [-0.25, -0.2) is 4.98 Å². The van der Waals surface area contributed by atoms with Gasteiger partial charge < -0.3 is 16.0 Å². The molecule has 9 heteroatoms. The first-order valence-electron chi connectivity index (χ1n) is 10.7. The molecule has 4 rings (SSSR count). The number of anilines is 3. The molecule has 7 nitrogen and oxygen atoms in total. The molecule has 3 N–H and O–H groups in total. The minimum Gasteiger partial charge on any atom is -0.326 e. The van der Waals surface area contributed by atoms with Gasteiger partial charge in [0, 0.05) is 30.1 Å². The van der Waals surface area contributed by atoms with Gasteiger partial charge in [-0.05, 0) is 54.1 Å². The van der Waals surface area contributed by atoms with E-state index in [-0.39, 0.29) is 23.5 Å². The van der Waals surface area contributed by atoms with E-state index in [0.29, 0.717) is 17.1 Å². The van der Waals surface area contributed by atoms with Crippen molar-refractivity contribution in [2.75, 3.05) is 21.7 Å². The number of aromatic nitrogens is 1. The number of carbonyl (C=O) groups excluding carboxylic acids is 3. The number of nitrogens with one attached hydrogen (secondary N) is 3. The highest BCUT2D eigenvalue weighted by Crippen LogP contribution is 2.31. The molecule has 1 aromatic heterocycles. The molecule has 0 unspecified atom stereocenters. The average molecular weight is 503 g/mol. The third-order valence-corrected chi connectivity index (χ3v) is 6.84. The Bertz CT molecular complexity index is 1380. The summed E-state index contributed by atoms with van der Waals surface area (Å²) >= 11 is 2.82. The number of amides is 3. The first kappa shape index (κ1) is 24.2. The van der Waals surface area contributed by atoms with Gasteiger partial charge in [-0.2, -0.15) is 0 Å². The molecule has 0 aliphatic carbocycles. The lowest BCUT2D eigenvalue weighted by molar-refractivity contribution is -0.114. The van der Waals surface area contributed by atoms with E-state index in [1.165, 1.54) is 36.1 Å². The van der Waals surface area contributed by atoms with E-state index in [1.54, 1.807) is 30.3 Å². The Morgan fingerprint density at radius 1 is 0.886 bits per heavy atom. The van der Waals surface area contributed by atoms with E-state index < -0.39 is 0 Å². The molecule has 0 fully saturated rings. The van der Waals surface area contributed by atoms with Crippen molar-refractivity contribution in [3.8, 4) is 0 Å². The summed E-state index contributed by atoms with van der Waals surface area (Å²) in [5.74, 6) is -0.307. The second-order valence-corrected chi connectivity index (χ2v) is 9.74. The number of hydrogen-bond donors (Lipinski definition) is 3. The van der Waals surface area contributed by atoms with Crippen LogP contribution in [0.2, 0.25) is 0 Å². The Morgan fingerprint density at radius 3 is 2.29 bits per heavy atom. The van der Waals surface area contributed by atoms with Crippen LogP contribution in [-0.4, -0.2) is 28.5 Å². The maximum absolute atomic E-state index is 12.3. The highest BCUT2D eigenvalue weighted by molar-refractivity contribution is 8.01. The molecular weight excluding hydrogens is 480 g/mol.